The molecular weight excluding hydrogens is 446 g/mol. The molecule has 3 aromatic heterocycles. The number of thioether (sulfide) groups is 1. The van der Waals surface area contributed by atoms with Gasteiger partial charge in [0, 0.05) is 12.6 Å². The maximum Gasteiger partial charge on any atom is 0.330 e. The van der Waals surface area contributed by atoms with E-state index in [-0.39, 0.29) is 35.3 Å². The summed E-state index contributed by atoms with van der Waals surface area (Å²) in [6.07, 6.45) is 3.12. The zero-order chi connectivity index (χ0) is 23.3. The van der Waals surface area contributed by atoms with E-state index in [1.54, 1.807) is 34.7 Å². The van der Waals surface area contributed by atoms with Crippen LogP contribution in [0, 0.1) is 0 Å². The molecule has 0 radical (unpaired) electrons. The summed E-state index contributed by atoms with van der Waals surface area (Å²) in [5.41, 5.74) is 4.75. The number of aromatic amines is 1. The average Bonchev–Trinajstić information content (AvgIpc) is 3.52. The van der Waals surface area contributed by atoms with E-state index in [1.165, 1.54) is 9.13 Å². The molecule has 0 atom stereocenters. The lowest BCUT2D eigenvalue weighted by atomic mass is 10.2. The highest BCUT2D eigenvalue weighted by Gasteiger charge is 2.30. The highest BCUT2D eigenvalue weighted by molar-refractivity contribution is 7.99. The van der Waals surface area contributed by atoms with Crippen molar-refractivity contribution in [2.75, 3.05) is 11.5 Å². The first kappa shape index (κ1) is 20.9. The second-order valence-corrected chi connectivity index (χ2v) is 8.61. The molecule has 168 valence electrons. The Labute approximate surface area is 189 Å². The molecular formula is C21H19N7O4S. The monoisotopic (exact) mass is 465 g/mol. The van der Waals surface area contributed by atoms with Gasteiger partial charge in [-0.25, -0.2) is 4.79 Å². The van der Waals surface area contributed by atoms with Gasteiger partial charge in [0.1, 0.15) is 11.4 Å². The van der Waals surface area contributed by atoms with Crippen molar-refractivity contribution in [3.8, 4) is 0 Å². The Balaban J connectivity index is 1.55. The predicted molar refractivity (Wildman–Crippen MR) is 124 cm³/mol. The summed E-state index contributed by atoms with van der Waals surface area (Å²) in [5.74, 6) is -0.499. The number of rotatable bonds is 7. The van der Waals surface area contributed by atoms with Crippen LogP contribution < -0.4 is 22.5 Å². The van der Waals surface area contributed by atoms with E-state index in [1.807, 2.05) is 0 Å². The highest BCUT2D eigenvalue weighted by atomic mass is 32.2. The Morgan fingerprint density at radius 2 is 2.00 bits per heavy atom. The summed E-state index contributed by atoms with van der Waals surface area (Å²) < 4.78 is 4.41. The maximum absolute atomic E-state index is 12.9. The second kappa shape index (κ2) is 7.89. The molecule has 1 aromatic carbocycles. The number of anilines is 1. The molecule has 0 amide bonds. The fourth-order valence-electron chi connectivity index (χ4n) is 3.85. The molecule has 0 saturated heterocycles. The van der Waals surface area contributed by atoms with Gasteiger partial charge < -0.3 is 5.73 Å². The van der Waals surface area contributed by atoms with Gasteiger partial charge in [-0.2, -0.15) is 0 Å². The Hall–Kier alpha value is -3.93. The van der Waals surface area contributed by atoms with Crippen LogP contribution in [0.15, 0.2) is 56.5 Å². The van der Waals surface area contributed by atoms with E-state index in [4.69, 9.17) is 5.73 Å². The number of ketones is 1. The number of carbonyl (C=O) groups excluding carboxylic acids is 1. The molecule has 1 fully saturated rings. The summed E-state index contributed by atoms with van der Waals surface area (Å²) in [6, 6.07) is 6.93. The minimum absolute atomic E-state index is 0.0954. The third-order valence-electron chi connectivity index (χ3n) is 5.50. The van der Waals surface area contributed by atoms with Crippen molar-refractivity contribution in [2.45, 2.75) is 30.6 Å². The largest absolute Gasteiger partial charge is 0.384 e. The Morgan fingerprint density at radius 3 is 2.73 bits per heavy atom. The van der Waals surface area contributed by atoms with Crippen molar-refractivity contribution < 1.29 is 4.79 Å². The average molecular weight is 465 g/mol. The third-order valence-corrected chi connectivity index (χ3v) is 6.42. The maximum atomic E-state index is 12.9. The number of nitrogens with zero attached hydrogens (tertiary/aromatic N) is 5. The standard InChI is InChI=1S/C21H19N7O4S/c1-2-9-26-18(31)12-5-3-4-6-13(12)28-19(26)24-25-21(28)33-10-14(29)15-16(22)27(11-7-8-11)20(32)23-17(15)30/h2-6,11H,1,7-10,22H2,(H,23,30,32). The topological polar surface area (TPSA) is 150 Å². The quantitative estimate of drug-likeness (QED) is 0.233. The van der Waals surface area contributed by atoms with Crippen LogP contribution in [-0.4, -0.2) is 40.3 Å². The number of para-hydroxylation sites is 1. The molecule has 1 aliphatic rings. The Kier molecular flexibility index (Phi) is 5.01. The van der Waals surface area contributed by atoms with Gasteiger partial charge in [0.2, 0.25) is 5.78 Å². The Morgan fingerprint density at radius 1 is 1.24 bits per heavy atom. The Bertz CT molecular complexity index is 1620. The third kappa shape index (κ3) is 3.39. The van der Waals surface area contributed by atoms with Gasteiger partial charge in [0.05, 0.1) is 16.7 Å². The van der Waals surface area contributed by atoms with Gasteiger partial charge in [-0.3, -0.25) is 32.9 Å². The summed E-state index contributed by atoms with van der Waals surface area (Å²) in [5, 5.41) is 9.16. The molecule has 5 rings (SSSR count). The predicted octanol–water partition coefficient (Wildman–Crippen LogP) is 0.972. The number of benzene rings is 1. The molecule has 4 aromatic rings. The van der Waals surface area contributed by atoms with E-state index in [0.29, 0.717) is 21.8 Å². The van der Waals surface area contributed by atoms with Gasteiger partial charge in [-0.15, -0.1) is 16.8 Å². The van der Waals surface area contributed by atoms with Gasteiger partial charge in [-0.1, -0.05) is 30.0 Å². The molecule has 3 heterocycles. The van der Waals surface area contributed by atoms with Gasteiger partial charge >= 0.3 is 5.69 Å². The number of nitrogen functional groups attached to an aromatic ring is 1. The van der Waals surface area contributed by atoms with Crippen LogP contribution in [0.1, 0.15) is 29.2 Å². The van der Waals surface area contributed by atoms with Crippen LogP contribution in [0.3, 0.4) is 0 Å². The van der Waals surface area contributed by atoms with E-state index < -0.39 is 17.0 Å². The number of fused-ring (bicyclic) bond motifs is 3. The van der Waals surface area contributed by atoms with Crippen LogP contribution in [-0.2, 0) is 6.54 Å². The number of carbonyl (C=O) groups is 1. The van der Waals surface area contributed by atoms with Crippen LogP contribution in [0.25, 0.3) is 16.7 Å². The lowest BCUT2D eigenvalue weighted by Crippen LogP contribution is -2.36. The molecule has 12 heteroatoms. The number of aromatic nitrogens is 6. The number of hydrogen-bond donors (Lipinski definition) is 2. The van der Waals surface area contributed by atoms with Crippen molar-refractivity contribution in [1.29, 1.82) is 0 Å². The molecule has 33 heavy (non-hydrogen) atoms. The van der Waals surface area contributed by atoms with Gasteiger partial charge in [0.15, 0.2) is 10.9 Å². The molecule has 11 nitrogen and oxygen atoms in total. The molecule has 1 saturated carbocycles. The minimum atomic E-state index is -0.809. The molecule has 3 N–H and O–H groups in total. The summed E-state index contributed by atoms with van der Waals surface area (Å²) in [6.45, 7) is 3.93. The first-order valence-electron chi connectivity index (χ1n) is 10.2. The second-order valence-electron chi connectivity index (χ2n) is 7.67. The van der Waals surface area contributed by atoms with Gasteiger partial charge in [-0.05, 0) is 25.0 Å². The van der Waals surface area contributed by atoms with Crippen LogP contribution in [0.5, 0.6) is 0 Å². The van der Waals surface area contributed by atoms with Crippen molar-refractivity contribution in [3.05, 3.63) is 73.7 Å². The molecule has 0 spiro atoms. The molecule has 1 aliphatic carbocycles. The number of nitrogens with one attached hydrogen (secondary N) is 1. The van der Waals surface area contributed by atoms with Crippen molar-refractivity contribution in [2.24, 2.45) is 0 Å². The van der Waals surface area contributed by atoms with E-state index >= 15 is 0 Å². The number of allylic oxidation sites excluding steroid dienone is 1. The van der Waals surface area contributed by atoms with E-state index in [9.17, 15) is 19.2 Å². The zero-order valence-electron chi connectivity index (χ0n) is 17.4. The lowest BCUT2D eigenvalue weighted by molar-refractivity contribution is 0.102. The summed E-state index contributed by atoms with van der Waals surface area (Å²) in [4.78, 5) is 52.5. The van der Waals surface area contributed by atoms with E-state index in [0.717, 1.165) is 24.6 Å². The smallest absolute Gasteiger partial charge is 0.330 e. The van der Waals surface area contributed by atoms with Crippen LogP contribution in [0.4, 0.5) is 5.82 Å². The van der Waals surface area contributed by atoms with Crippen LogP contribution >= 0.6 is 11.8 Å². The van der Waals surface area contributed by atoms with Gasteiger partial charge in [0.25, 0.3) is 11.1 Å². The van der Waals surface area contributed by atoms with Crippen molar-refractivity contribution in [3.63, 3.8) is 0 Å². The summed E-state index contributed by atoms with van der Waals surface area (Å²) >= 11 is 1.06. The number of Topliss-reactive ketones (excluding diaryl/α,β-unsaturated/α-hetero) is 1. The number of nitrogens with two attached hydrogens (primary N) is 1. The minimum Gasteiger partial charge on any atom is -0.384 e. The highest BCUT2D eigenvalue weighted by Crippen LogP contribution is 2.35. The fourth-order valence-corrected chi connectivity index (χ4v) is 4.67. The number of hydrogen-bond acceptors (Lipinski definition) is 8. The molecule has 0 aliphatic heterocycles. The van der Waals surface area contributed by atoms with Crippen molar-refractivity contribution >= 4 is 40.0 Å². The lowest BCUT2D eigenvalue weighted by Gasteiger charge is -2.11. The first-order valence-corrected chi connectivity index (χ1v) is 11.2. The normalized spacial score (nSPS) is 13.6. The molecule has 0 unspecified atom stereocenters. The van der Waals surface area contributed by atoms with Crippen LogP contribution in [0.2, 0.25) is 0 Å². The number of H-pyrrole nitrogens is 1. The summed E-state index contributed by atoms with van der Waals surface area (Å²) in [7, 11) is 0. The zero-order valence-corrected chi connectivity index (χ0v) is 18.2. The SMILES string of the molecule is C=CCn1c(=O)c2ccccc2n2c(SCC(=O)c3c(N)n(C4CC4)c(=O)[nH]c3=O)nnc12. The fraction of sp³-hybridized carbons (Fsp3) is 0.238. The molecule has 0 bridgehead atoms. The van der Waals surface area contributed by atoms with Crippen molar-refractivity contribution in [1.82, 2.24) is 28.7 Å². The van der Waals surface area contributed by atoms with E-state index in [2.05, 4.69) is 21.8 Å². The first-order chi connectivity index (χ1) is 15.9.